The first-order valence-electron chi connectivity index (χ1n) is 5.68. The number of aromatic amines is 1. The third-order valence-electron chi connectivity index (χ3n) is 2.78. The van der Waals surface area contributed by atoms with Crippen LogP contribution < -0.4 is 0 Å². The summed E-state index contributed by atoms with van der Waals surface area (Å²) in [5, 5.41) is 9.15. The predicted octanol–water partition coefficient (Wildman–Crippen LogP) is 3.09. The van der Waals surface area contributed by atoms with Gasteiger partial charge in [0.2, 0.25) is 5.89 Å². The number of aryl methyl sites for hydroxylation is 2. The van der Waals surface area contributed by atoms with Gasteiger partial charge in [0, 0.05) is 17.3 Å². The summed E-state index contributed by atoms with van der Waals surface area (Å²) in [4.78, 5) is 3.28. The van der Waals surface area contributed by atoms with Crippen molar-refractivity contribution in [2.75, 3.05) is 0 Å². The van der Waals surface area contributed by atoms with Crippen LogP contribution in [0.4, 0.5) is 0 Å². The van der Waals surface area contributed by atoms with Crippen LogP contribution in [0.3, 0.4) is 0 Å². The van der Waals surface area contributed by atoms with Crippen LogP contribution in [0.5, 0.6) is 0 Å². The Kier molecular flexibility index (Phi) is 2.21. The second-order valence-electron chi connectivity index (χ2n) is 4.13. The highest BCUT2D eigenvalue weighted by atomic mass is 16.4. The van der Waals surface area contributed by atoms with Crippen LogP contribution in [0.1, 0.15) is 18.4 Å². The van der Waals surface area contributed by atoms with Gasteiger partial charge < -0.3 is 9.40 Å². The van der Waals surface area contributed by atoms with Crippen molar-refractivity contribution in [2.45, 2.75) is 20.3 Å². The van der Waals surface area contributed by atoms with Crippen molar-refractivity contribution < 1.29 is 4.42 Å². The second-order valence-corrected chi connectivity index (χ2v) is 4.13. The Hall–Kier alpha value is -2.10. The van der Waals surface area contributed by atoms with Gasteiger partial charge in [-0.3, -0.25) is 0 Å². The highest BCUT2D eigenvalue weighted by molar-refractivity contribution is 5.85. The summed E-state index contributed by atoms with van der Waals surface area (Å²) in [7, 11) is 0. The number of hydrogen-bond donors (Lipinski definition) is 1. The van der Waals surface area contributed by atoms with E-state index in [9.17, 15) is 0 Å². The van der Waals surface area contributed by atoms with E-state index in [0.29, 0.717) is 11.8 Å². The molecule has 0 saturated carbocycles. The molecule has 3 rings (SSSR count). The molecular formula is C13H13N3O. The number of aromatic nitrogens is 3. The Bertz CT molecular complexity index is 666. The number of nitrogens with zero attached hydrogens (tertiary/aromatic N) is 2. The molecule has 17 heavy (non-hydrogen) atoms. The van der Waals surface area contributed by atoms with E-state index >= 15 is 0 Å². The van der Waals surface area contributed by atoms with Crippen LogP contribution in [0, 0.1) is 6.92 Å². The number of hydrogen-bond acceptors (Lipinski definition) is 3. The summed E-state index contributed by atoms with van der Waals surface area (Å²) in [5.74, 6) is 1.21. The summed E-state index contributed by atoms with van der Waals surface area (Å²) >= 11 is 0. The van der Waals surface area contributed by atoms with Crippen molar-refractivity contribution in [1.29, 1.82) is 0 Å². The lowest BCUT2D eigenvalue weighted by atomic mass is 10.2. The molecule has 1 N–H and O–H groups in total. The fraction of sp³-hybridized carbons (Fsp3) is 0.231. The van der Waals surface area contributed by atoms with Crippen LogP contribution in [-0.4, -0.2) is 15.2 Å². The lowest BCUT2D eigenvalue weighted by Crippen LogP contribution is -1.76. The van der Waals surface area contributed by atoms with Gasteiger partial charge in [0.25, 0.3) is 5.89 Å². The molecule has 0 spiro atoms. The van der Waals surface area contributed by atoms with Gasteiger partial charge in [-0.1, -0.05) is 18.6 Å². The fourth-order valence-corrected chi connectivity index (χ4v) is 1.87. The Morgan fingerprint density at radius 3 is 2.88 bits per heavy atom. The highest BCUT2D eigenvalue weighted by Gasteiger charge is 2.10. The van der Waals surface area contributed by atoms with Crippen LogP contribution in [0.2, 0.25) is 0 Å². The van der Waals surface area contributed by atoms with Gasteiger partial charge in [-0.25, -0.2) is 0 Å². The van der Waals surface area contributed by atoms with Crippen molar-refractivity contribution in [3.63, 3.8) is 0 Å². The Morgan fingerprint density at radius 1 is 1.24 bits per heavy atom. The lowest BCUT2D eigenvalue weighted by molar-refractivity contribution is 0.511. The third kappa shape index (κ3) is 1.71. The van der Waals surface area contributed by atoms with E-state index < -0.39 is 0 Å². The molecule has 3 aromatic rings. The number of benzene rings is 1. The molecule has 0 amide bonds. The van der Waals surface area contributed by atoms with Crippen LogP contribution in [0.25, 0.3) is 22.5 Å². The minimum Gasteiger partial charge on any atom is -0.419 e. The number of fused-ring (bicyclic) bond motifs is 1. The lowest BCUT2D eigenvalue weighted by Gasteiger charge is -1.90. The van der Waals surface area contributed by atoms with Gasteiger partial charge in [-0.05, 0) is 25.1 Å². The molecule has 4 heteroatoms. The molecule has 2 aromatic heterocycles. The van der Waals surface area contributed by atoms with E-state index in [2.05, 4.69) is 40.3 Å². The van der Waals surface area contributed by atoms with E-state index in [1.807, 2.05) is 13.0 Å². The van der Waals surface area contributed by atoms with E-state index in [0.717, 1.165) is 23.0 Å². The van der Waals surface area contributed by atoms with Crippen LogP contribution in [0.15, 0.2) is 28.7 Å². The fourth-order valence-electron chi connectivity index (χ4n) is 1.87. The topological polar surface area (TPSA) is 54.7 Å². The maximum atomic E-state index is 5.53. The summed E-state index contributed by atoms with van der Waals surface area (Å²) < 4.78 is 5.53. The predicted molar refractivity (Wildman–Crippen MR) is 65.7 cm³/mol. The zero-order valence-corrected chi connectivity index (χ0v) is 9.82. The molecule has 0 unspecified atom stereocenters. The molecule has 0 aliphatic carbocycles. The van der Waals surface area contributed by atoms with E-state index in [1.54, 1.807) is 0 Å². The van der Waals surface area contributed by atoms with Gasteiger partial charge in [-0.2, -0.15) is 0 Å². The Balaban J connectivity index is 2.11. The average Bonchev–Trinajstić information content (AvgIpc) is 2.93. The second kappa shape index (κ2) is 3.73. The van der Waals surface area contributed by atoms with Crippen LogP contribution >= 0.6 is 0 Å². The molecule has 4 nitrogen and oxygen atoms in total. The number of rotatable bonds is 2. The molecule has 0 aliphatic heterocycles. The van der Waals surface area contributed by atoms with Crippen molar-refractivity contribution in [1.82, 2.24) is 15.2 Å². The molecule has 0 fully saturated rings. The van der Waals surface area contributed by atoms with Crippen LogP contribution in [-0.2, 0) is 6.42 Å². The molecule has 0 bridgehead atoms. The largest absolute Gasteiger partial charge is 0.419 e. The average molecular weight is 227 g/mol. The Labute approximate surface area is 98.7 Å². The van der Waals surface area contributed by atoms with Crippen molar-refractivity contribution in [3.8, 4) is 11.6 Å². The highest BCUT2D eigenvalue weighted by Crippen LogP contribution is 2.23. The zero-order chi connectivity index (χ0) is 11.8. The molecule has 0 atom stereocenters. The monoisotopic (exact) mass is 227 g/mol. The summed E-state index contributed by atoms with van der Waals surface area (Å²) in [6.07, 6.45) is 0.756. The van der Waals surface area contributed by atoms with Crippen molar-refractivity contribution >= 4 is 10.9 Å². The summed E-state index contributed by atoms with van der Waals surface area (Å²) in [5.41, 5.74) is 3.20. The Morgan fingerprint density at radius 2 is 2.12 bits per heavy atom. The van der Waals surface area contributed by atoms with Gasteiger partial charge in [0.15, 0.2) is 0 Å². The first-order chi connectivity index (χ1) is 8.26. The summed E-state index contributed by atoms with van der Waals surface area (Å²) in [6, 6.07) is 8.31. The number of nitrogens with one attached hydrogen (secondary N) is 1. The van der Waals surface area contributed by atoms with Gasteiger partial charge >= 0.3 is 0 Å². The van der Waals surface area contributed by atoms with Gasteiger partial charge in [-0.15, -0.1) is 10.2 Å². The van der Waals surface area contributed by atoms with Gasteiger partial charge in [0.05, 0.1) is 0 Å². The maximum absolute atomic E-state index is 5.53. The first-order valence-corrected chi connectivity index (χ1v) is 5.68. The quantitative estimate of drug-likeness (QED) is 0.731. The standard InChI is InChI=1S/C13H13N3O/c1-3-12-15-16-13(17-12)11-7-9-6-8(2)4-5-10(9)14-11/h4-7,14H,3H2,1-2H3. The van der Waals surface area contributed by atoms with E-state index in [1.165, 1.54) is 5.56 Å². The number of H-pyrrole nitrogens is 1. The smallest absolute Gasteiger partial charge is 0.264 e. The van der Waals surface area contributed by atoms with Crippen molar-refractivity contribution in [2.24, 2.45) is 0 Å². The molecule has 86 valence electrons. The molecule has 0 radical (unpaired) electrons. The summed E-state index contributed by atoms with van der Waals surface area (Å²) in [6.45, 7) is 4.07. The molecule has 0 saturated heterocycles. The SMILES string of the molecule is CCc1nnc(-c2cc3cc(C)ccc3[nH]2)o1. The van der Waals surface area contributed by atoms with E-state index in [-0.39, 0.29) is 0 Å². The molecular weight excluding hydrogens is 214 g/mol. The van der Waals surface area contributed by atoms with Crippen molar-refractivity contribution in [3.05, 3.63) is 35.7 Å². The third-order valence-corrected chi connectivity index (χ3v) is 2.78. The molecule has 2 heterocycles. The normalized spacial score (nSPS) is 11.2. The molecule has 0 aliphatic rings. The maximum Gasteiger partial charge on any atom is 0.264 e. The minimum absolute atomic E-state index is 0.552. The first kappa shape index (κ1) is 10.1. The van der Waals surface area contributed by atoms with E-state index in [4.69, 9.17) is 4.42 Å². The zero-order valence-electron chi connectivity index (χ0n) is 9.82. The minimum atomic E-state index is 0.552. The molecule has 1 aromatic carbocycles. The van der Waals surface area contributed by atoms with Gasteiger partial charge in [0.1, 0.15) is 5.69 Å².